The van der Waals surface area contributed by atoms with Crippen LogP contribution in [0.4, 0.5) is 8.78 Å². The maximum atomic E-state index is 12.1. The number of halogens is 2. The first-order chi connectivity index (χ1) is 7.04. The number of carbonyl (C=O) groups excluding carboxylic acids is 1. The summed E-state index contributed by atoms with van der Waals surface area (Å²) >= 11 is 0. The van der Waals surface area contributed by atoms with Crippen LogP contribution in [0, 0.1) is 0 Å². The van der Waals surface area contributed by atoms with Gasteiger partial charge in [-0.05, 0) is 6.07 Å². The minimum atomic E-state index is -2.69. The molecule has 0 bridgehead atoms. The molecule has 5 nitrogen and oxygen atoms in total. The molecule has 84 valence electrons. The van der Waals surface area contributed by atoms with Gasteiger partial charge in [0.2, 0.25) is 0 Å². The third kappa shape index (κ3) is 2.98. The first-order valence-corrected chi connectivity index (χ1v) is 4.17. The van der Waals surface area contributed by atoms with Crippen molar-refractivity contribution in [3.8, 4) is 0 Å². The normalized spacial score (nSPS) is 10.7. The number of hydroxylamine groups is 2. The van der Waals surface area contributed by atoms with Crippen LogP contribution in [0.2, 0.25) is 0 Å². The zero-order valence-electron chi connectivity index (χ0n) is 8.35. The molecule has 0 atom stereocenters. The predicted octanol–water partition coefficient (Wildman–Crippen LogP) is 0.840. The lowest BCUT2D eigenvalue weighted by molar-refractivity contribution is -0.167. The molecule has 1 amide bonds. The second-order valence-electron chi connectivity index (χ2n) is 2.82. The van der Waals surface area contributed by atoms with E-state index in [4.69, 9.17) is 0 Å². The van der Waals surface area contributed by atoms with Gasteiger partial charge in [-0.3, -0.25) is 9.63 Å². The summed E-state index contributed by atoms with van der Waals surface area (Å²) in [4.78, 5) is 15.9. The fourth-order valence-corrected chi connectivity index (χ4v) is 0.948. The Kier molecular flexibility index (Phi) is 3.73. The molecule has 0 aromatic carbocycles. The second kappa shape index (κ2) is 4.83. The summed E-state index contributed by atoms with van der Waals surface area (Å²) in [7, 11) is 2.78. The highest BCUT2D eigenvalue weighted by Gasteiger charge is 2.13. The summed E-state index contributed by atoms with van der Waals surface area (Å²) < 4.78 is 24.7. The molecular formula is C8H11F2N3O2. The van der Waals surface area contributed by atoms with Crippen LogP contribution < -0.4 is 0 Å². The van der Waals surface area contributed by atoms with E-state index in [1.807, 2.05) is 0 Å². The highest BCUT2D eigenvalue weighted by Crippen LogP contribution is 2.09. The van der Waals surface area contributed by atoms with Gasteiger partial charge in [0.05, 0.1) is 19.2 Å². The molecule has 0 saturated heterocycles. The Balaban J connectivity index is 2.61. The predicted molar refractivity (Wildman–Crippen MR) is 47.0 cm³/mol. The van der Waals surface area contributed by atoms with Crippen LogP contribution >= 0.6 is 0 Å². The average Bonchev–Trinajstić information content (AvgIpc) is 2.65. The minimum absolute atomic E-state index is 0.0654. The number of likely N-dealkylation sites (N-methyl/N-ethyl adjacent to an activating group) is 1. The Morgan fingerprint density at radius 2 is 2.40 bits per heavy atom. The maximum Gasteiger partial charge on any atom is 0.333 e. The fourth-order valence-electron chi connectivity index (χ4n) is 0.948. The molecule has 0 aliphatic rings. The smallest absolute Gasteiger partial charge is 0.275 e. The van der Waals surface area contributed by atoms with E-state index < -0.39 is 6.55 Å². The van der Waals surface area contributed by atoms with Gasteiger partial charge < -0.3 is 0 Å². The quantitative estimate of drug-likeness (QED) is 0.705. The SMILES string of the molecule is CON(C)C(=O)Cc1ccn(C(F)F)n1. The summed E-state index contributed by atoms with van der Waals surface area (Å²) in [5, 5.41) is 4.55. The van der Waals surface area contributed by atoms with Gasteiger partial charge in [0.15, 0.2) is 0 Å². The minimum Gasteiger partial charge on any atom is -0.275 e. The third-order valence-electron chi connectivity index (χ3n) is 1.82. The van der Waals surface area contributed by atoms with Crippen LogP contribution in [0.1, 0.15) is 12.2 Å². The number of rotatable bonds is 4. The molecule has 1 heterocycles. The van der Waals surface area contributed by atoms with Crippen molar-refractivity contribution >= 4 is 5.91 Å². The topological polar surface area (TPSA) is 47.4 Å². The summed E-state index contributed by atoms with van der Waals surface area (Å²) in [6.45, 7) is -2.69. The molecule has 0 radical (unpaired) electrons. The molecule has 0 fully saturated rings. The van der Waals surface area contributed by atoms with Crippen molar-refractivity contribution in [1.82, 2.24) is 14.8 Å². The van der Waals surface area contributed by atoms with Crippen LogP contribution in [0.5, 0.6) is 0 Å². The zero-order valence-corrected chi connectivity index (χ0v) is 8.35. The Hall–Kier alpha value is -1.50. The number of carbonyl (C=O) groups is 1. The van der Waals surface area contributed by atoms with E-state index in [0.29, 0.717) is 4.68 Å². The number of amides is 1. The Morgan fingerprint density at radius 3 is 2.87 bits per heavy atom. The lowest BCUT2D eigenvalue weighted by Crippen LogP contribution is -2.27. The molecule has 0 unspecified atom stereocenters. The highest BCUT2D eigenvalue weighted by atomic mass is 19.3. The van der Waals surface area contributed by atoms with E-state index in [-0.39, 0.29) is 18.0 Å². The van der Waals surface area contributed by atoms with Gasteiger partial charge in [-0.1, -0.05) is 0 Å². The highest BCUT2D eigenvalue weighted by molar-refractivity contribution is 5.76. The van der Waals surface area contributed by atoms with Gasteiger partial charge in [0.1, 0.15) is 0 Å². The molecule has 0 spiro atoms. The van der Waals surface area contributed by atoms with Crippen LogP contribution in [-0.4, -0.2) is 34.9 Å². The van der Waals surface area contributed by atoms with Crippen LogP contribution in [0.3, 0.4) is 0 Å². The summed E-state index contributed by atoms with van der Waals surface area (Å²) in [6.07, 6.45) is 1.06. The molecule has 0 aliphatic carbocycles. The maximum absolute atomic E-state index is 12.1. The van der Waals surface area contributed by atoms with Gasteiger partial charge in [0, 0.05) is 13.2 Å². The van der Waals surface area contributed by atoms with Gasteiger partial charge in [-0.15, -0.1) is 0 Å². The van der Waals surface area contributed by atoms with E-state index in [1.165, 1.54) is 20.2 Å². The lowest BCUT2D eigenvalue weighted by atomic mass is 10.3. The largest absolute Gasteiger partial charge is 0.333 e. The number of hydrogen-bond donors (Lipinski definition) is 0. The van der Waals surface area contributed by atoms with E-state index in [2.05, 4.69) is 9.94 Å². The van der Waals surface area contributed by atoms with Gasteiger partial charge in [-0.2, -0.15) is 13.9 Å². The fraction of sp³-hybridized carbons (Fsp3) is 0.500. The van der Waals surface area contributed by atoms with Crippen molar-refractivity contribution in [3.63, 3.8) is 0 Å². The molecule has 0 aliphatic heterocycles. The first-order valence-electron chi connectivity index (χ1n) is 4.17. The van der Waals surface area contributed by atoms with Gasteiger partial charge in [0.25, 0.3) is 5.91 Å². The van der Waals surface area contributed by atoms with E-state index >= 15 is 0 Å². The number of aromatic nitrogens is 2. The Bertz CT molecular complexity index is 340. The lowest BCUT2D eigenvalue weighted by Gasteiger charge is -2.12. The van der Waals surface area contributed by atoms with Crippen LogP contribution in [0.25, 0.3) is 0 Å². The van der Waals surface area contributed by atoms with Crippen molar-refractivity contribution in [3.05, 3.63) is 18.0 Å². The summed E-state index contributed by atoms with van der Waals surface area (Å²) in [5.74, 6) is -0.350. The standard InChI is InChI=1S/C8H11F2N3O2/c1-12(15-2)7(14)5-6-3-4-13(11-6)8(9)10/h3-4,8H,5H2,1-2H3. The molecule has 1 aromatic heterocycles. The summed E-state index contributed by atoms with van der Waals surface area (Å²) in [6, 6.07) is 1.37. The van der Waals surface area contributed by atoms with Crippen molar-refractivity contribution in [2.75, 3.05) is 14.2 Å². The zero-order chi connectivity index (χ0) is 11.4. The van der Waals surface area contributed by atoms with E-state index in [9.17, 15) is 13.6 Å². The molecule has 1 rings (SSSR count). The summed E-state index contributed by atoms with van der Waals surface area (Å²) in [5.41, 5.74) is 0.282. The van der Waals surface area contributed by atoms with Gasteiger partial charge in [-0.25, -0.2) is 9.75 Å². The monoisotopic (exact) mass is 219 g/mol. The number of hydrogen-bond acceptors (Lipinski definition) is 3. The Labute approximate surface area is 85.2 Å². The molecule has 15 heavy (non-hydrogen) atoms. The first kappa shape index (κ1) is 11.6. The Morgan fingerprint density at radius 1 is 1.73 bits per heavy atom. The molecule has 0 saturated carbocycles. The molecule has 0 N–H and O–H groups in total. The van der Waals surface area contributed by atoms with Crippen molar-refractivity contribution in [1.29, 1.82) is 0 Å². The van der Waals surface area contributed by atoms with Crippen molar-refractivity contribution < 1.29 is 18.4 Å². The van der Waals surface area contributed by atoms with E-state index in [0.717, 1.165) is 11.3 Å². The molecular weight excluding hydrogens is 208 g/mol. The third-order valence-corrected chi connectivity index (χ3v) is 1.82. The molecule has 1 aromatic rings. The van der Waals surface area contributed by atoms with Crippen LogP contribution in [0.15, 0.2) is 12.3 Å². The number of alkyl halides is 2. The second-order valence-corrected chi connectivity index (χ2v) is 2.82. The number of nitrogens with zero attached hydrogens (tertiary/aromatic N) is 3. The van der Waals surface area contributed by atoms with Crippen molar-refractivity contribution in [2.45, 2.75) is 13.0 Å². The van der Waals surface area contributed by atoms with Gasteiger partial charge >= 0.3 is 6.55 Å². The van der Waals surface area contributed by atoms with Crippen molar-refractivity contribution in [2.24, 2.45) is 0 Å². The molecule has 7 heteroatoms. The van der Waals surface area contributed by atoms with E-state index in [1.54, 1.807) is 0 Å². The average molecular weight is 219 g/mol. The van der Waals surface area contributed by atoms with Crippen LogP contribution in [-0.2, 0) is 16.1 Å².